The smallest absolute Gasteiger partial charge is 0.410 e. The third-order valence-corrected chi connectivity index (χ3v) is 7.19. The Balaban J connectivity index is 0.00000243. The summed E-state index contributed by atoms with van der Waals surface area (Å²) in [6.07, 6.45) is 5.46. The standard InChI is InChI=1S/C18H25ClN2O2S2.ClH/c1-13-16(9-19)20-6-5-17(13)25-8-2-7-24-12-15-11-21(18(22)23-15)10-14-3-4-14;/h5-6,14-15H,2-4,7-12H2,1H3;1H. The molecule has 1 aliphatic carbocycles. The Labute approximate surface area is 175 Å². The zero-order chi connectivity index (χ0) is 17.6. The predicted molar refractivity (Wildman–Crippen MR) is 113 cm³/mol. The summed E-state index contributed by atoms with van der Waals surface area (Å²) < 4.78 is 5.46. The van der Waals surface area contributed by atoms with E-state index in [-0.39, 0.29) is 24.6 Å². The molecule has 1 aliphatic heterocycles. The summed E-state index contributed by atoms with van der Waals surface area (Å²) in [6, 6.07) is 2.07. The lowest BCUT2D eigenvalue weighted by Gasteiger charge is -2.11. The number of amides is 1. The molecule has 1 unspecified atom stereocenters. The third kappa shape index (κ3) is 6.39. The number of hydrogen-bond acceptors (Lipinski definition) is 5. The van der Waals surface area contributed by atoms with Gasteiger partial charge in [0.2, 0.25) is 0 Å². The van der Waals surface area contributed by atoms with Crippen molar-refractivity contribution in [2.45, 2.75) is 43.1 Å². The minimum Gasteiger partial charge on any atom is -0.443 e. The number of rotatable bonds is 10. The highest BCUT2D eigenvalue weighted by Crippen LogP contribution is 2.31. The van der Waals surface area contributed by atoms with Gasteiger partial charge in [-0.3, -0.25) is 4.98 Å². The number of hydrogen-bond donors (Lipinski definition) is 0. The van der Waals surface area contributed by atoms with Gasteiger partial charge in [-0.15, -0.1) is 35.8 Å². The van der Waals surface area contributed by atoms with Gasteiger partial charge >= 0.3 is 6.09 Å². The van der Waals surface area contributed by atoms with Crippen LogP contribution in [0.4, 0.5) is 4.79 Å². The summed E-state index contributed by atoms with van der Waals surface area (Å²) in [4.78, 5) is 19.3. The first-order chi connectivity index (χ1) is 12.2. The highest BCUT2D eigenvalue weighted by molar-refractivity contribution is 8.00. The summed E-state index contributed by atoms with van der Waals surface area (Å²) in [5.74, 6) is 4.27. The van der Waals surface area contributed by atoms with Crippen LogP contribution in [0.1, 0.15) is 30.5 Å². The molecule has 8 heteroatoms. The van der Waals surface area contributed by atoms with E-state index in [2.05, 4.69) is 18.0 Å². The molecule has 1 aromatic rings. The molecule has 0 radical (unpaired) electrons. The molecule has 0 bridgehead atoms. The van der Waals surface area contributed by atoms with Crippen molar-refractivity contribution in [1.82, 2.24) is 9.88 Å². The van der Waals surface area contributed by atoms with E-state index in [0.717, 1.165) is 48.4 Å². The van der Waals surface area contributed by atoms with Crippen LogP contribution in [0.15, 0.2) is 17.2 Å². The number of thioether (sulfide) groups is 2. The molecule has 1 saturated carbocycles. The molecule has 26 heavy (non-hydrogen) atoms. The molecule has 1 atom stereocenters. The lowest BCUT2D eigenvalue weighted by Crippen LogP contribution is -2.27. The van der Waals surface area contributed by atoms with Crippen LogP contribution in [0.2, 0.25) is 0 Å². The van der Waals surface area contributed by atoms with Gasteiger partial charge in [0.05, 0.1) is 18.1 Å². The summed E-state index contributed by atoms with van der Waals surface area (Å²) in [5.41, 5.74) is 2.17. The number of nitrogens with zero attached hydrogens (tertiary/aromatic N) is 2. The molecule has 146 valence electrons. The van der Waals surface area contributed by atoms with E-state index in [0.29, 0.717) is 5.88 Å². The second-order valence-electron chi connectivity index (χ2n) is 6.65. The molecule has 0 aromatic carbocycles. The Morgan fingerprint density at radius 2 is 2.19 bits per heavy atom. The average Bonchev–Trinajstić information content (AvgIpc) is 3.35. The Hall–Kier alpha value is -0.300. The van der Waals surface area contributed by atoms with Gasteiger partial charge in [0, 0.05) is 23.4 Å². The highest BCUT2D eigenvalue weighted by Gasteiger charge is 2.35. The summed E-state index contributed by atoms with van der Waals surface area (Å²) in [7, 11) is 0. The Morgan fingerprint density at radius 3 is 2.92 bits per heavy atom. The van der Waals surface area contributed by atoms with Crippen molar-refractivity contribution in [1.29, 1.82) is 0 Å². The summed E-state index contributed by atoms with van der Waals surface area (Å²) >= 11 is 9.66. The monoisotopic (exact) mass is 436 g/mol. The van der Waals surface area contributed by atoms with Crippen molar-refractivity contribution in [3.63, 3.8) is 0 Å². The maximum atomic E-state index is 11.8. The van der Waals surface area contributed by atoms with Crippen molar-refractivity contribution in [2.24, 2.45) is 5.92 Å². The largest absolute Gasteiger partial charge is 0.443 e. The maximum Gasteiger partial charge on any atom is 0.410 e. The van der Waals surface area contributed by atoms with Crippen LogP contribution < -0.4 is 0 Å². The van der Waals surface area contributed by atoms with Gasteiger partial charge in [-0.2, -0.15) is 11.8 Å². The van der Waals surface area contributed by atoms with Gasteiger partial charge in [0.25, 0.3) is 0 Å². The van der Waals surface area contributed by atoms with Crippen LogP contribution in [-0.2, 0) is 10.6 Å². The first kappa shape index (κ1) is 22.0. The van der Waals surface area contributed by atoms with Gasteiger partial charge < -0.3 is 9.64 Å². The molecule has 0 N–H and O–H groups in total. The quantitative estimate of drug-likeness (QED) is 0.293. The lowest BCUT2D eigenvalue weighted by atomic mass is 10.2. The number of cyclic esters (lactones) is 1. The Kier molecular flexibility index (Phi) is 9.21. The van der Waals surface area contributed by atoms with Gasteiger partial charge in [0.15, 0.2) is 0 Å². The van der Waals surface area contributed by atoms with Gasteiger partial charge in [-0.25, -0.2) is 4.79 Å². The van der Waals surface area contributed by atoms with Crippen molar-refractivity contribution in [2.75, 3.05) is 30.3 Å². The molecule has 3 rings (SSSR count). The van der Waals surface area contributed by atoms with E-state index in [1.807, 2.05) is 34.6 Å². The number of pyridine rings is 1. The van der Waals surface area contributed by atoms with Crippen LogP contribution in [-0.4, -0.2) is 52.4 Å². The molecule has 1 aromatic heterocycles. The molecule has 1 saturated heterocycles. The number of carbonyl (C=O) groups is 1. The van der Waals surface area contributed by atoms with Gasteiger partial charge in [0.1, 0.15) is 6.10 Å². The fraction of sp³-hybridized carbons (Fsp3) is 0.667. The lowest BCUT2D eigenvalue weighted by molar-refractivity contribution is 0.139. The van der Waals surface area contributed by atoms with E-state index in [1.165, 1.54) is 23.3 Å². The number of carbonyl (C=O) groups excluding carboxylic acids is 1. The van der Waals surface area contributed by atoms with E-state index in [4.69, 9.17) is 16.3 Å². The topological polar surface area (TPSA) is 42.4 Å². The fourth-order valence-corrected chi connectivity index (χ4v) is 5.23. The SMILES string of the molecule is Cc1c(SCCCSCC2CN(CC3CC3)C(=O)O2)ccnc1CCl.Cl. The van der Waals surface area contributed by atoms with Gasteiger partial charge in [-0.1, -0.05) is 0 Å². The number of ether oxygens (including phenoxy) is 1. The molecular weight excluding hydrogens is 411 g/mol. The fourth-order valence-electron chi connectivity index (χ4n) is 2.83. The van der Waals surface area contributed by atoms with Crippen LogP contribution in [0.3, 0.4) is 0 Å². The number of aromatic nitrogens is 1. The zero-order valence-corrected chi connectivity index (χ0v) is 18.2. The van der Waals surface area contributed by atoms with Crippen LogP contribution in [0, 0.1) is 12.8 Å². The van der Waals surface area contributed by atoms with Crippen LogP contribution in [0.5, 0.6) is 0 Å². The normalized spacial score (nSPS) is 19.4. The molecule has 2 aliphatic rings. The van der Waals surface area contributed by atoms with Crippen molar-refractivity contribution < 1.29 is 9.53 Å². The minimum atomic E-state index is -0.115. The second kappa shape index (κ2) is 10.9. The molecule has 2 fully saturated rings. The molecular formula is C18H26Cl2N2O2S2. The van der Waals surface area contributed by atoms with Crippen molar-refractivity contribution in [3.8, 4) is 0 Å². The van der Waals surface area contributed by atoms with E-state index >= 15 is 0 Å². The average molecular weight is 437 g/mol. The molecule has 2 heterocycles. The predicted octanol–water partition coefficient (Wildman–Crippen LogP) is 5.00. The number of halogens is 2. The Morgan fingerprint density at radius 1 is 1.38 bits per heavy atom. The van der Waals surface area contributed by atoms with Gasteiger partial charge in [-0.05, 0) is 55.2 Å². The molecule has 1 amide bonds. The third-order valence-electron chi connectivity index (χ3n) is 4.50. The first-order valence-corrected chi connectivity index (χ1v) is 11.5. The molecule has 4 nitrogen and oxygen atoms in total. The van der Waals surface area contributed by atoms with E-state index in [9.17, 15) is 4.79 Å². The van der Waals surface area contributed by atoms with E-state index < -0.39 is 0 Å². The first-order valence-electron chi connectivity index (χ1n) is 8.84. The summed E-state index contributed by atoms with van der Waals surface area (Å²) in [6.45, 7) is 3.75. The van der Waals surface area contributed by atoms with E-state index in [1.54, 1.807) is 0 Å². The Bertz CT molecular complexity index is 603. The number of alkyl halides is 1. The zero-order valence-electron chi connectivity index (χ0n) is 15.0. The minimum absolute atomic E-state index is 0. The van der Waals surface area contributed by atoms with Crippen molar-refractivity contribution in [3.05, 3.63) is 23.5 Å². The summed E-state index contributed by atoms with van der Waals surface area (Å²) in [5, 5.41) is 0. The van der Waals surface area contributed by atoms with Crippen LogP contribution >= 0.6 is 47.5 Å². The maximum absolute atomic E-state index is 11.8. The highest BCUT2D eigenvalue weighted by atomic mass is 35.5. The van der Waals surface area contributed by atoms with Crippen LogP contribution in [0.25, 0.3) is 0 Å². The second-order valence-corrected chi connectivity index (χ2v) is 9.20. The molecule has 0 spiro atoms. The van der Waals surface area contributed by atoms with Crippen molar-refractivity contribution >= 4 is 53.6 Å².